The number of likely N-dealkylation sites (N-methyl/N-ethyl adjacent to an activating group) is 1. The molecule has 2 N–H and O–H groups in total. The van der Waals surface area contributed by atoms with Gasteiger partial charge in [-0.05, 0) is 26.1 Å². The highest BCUT2D eigenvalue weighted by molar-refractivity contribution is 7.09. The highest BCUT2D eigenvalue weighted by Gasteiger charge is 2.12. The molecular weight excluding hydrogens is 298 g/mol. The lowest BCUT2D eigenvalue weighted by molar-refractivity contribution is -0.115. The normalized spacial score (nSPS) is 12.4. The third-order valence-corrected chi connectivity index (χ3v) is 4.29. The van der Waals surface area contributed by atoms with E-state index in [1.165, 1.54) is 11.3 Å². The maximum atomic E-state index is 12.0. The summed E-state index contributed by atoms with van der Waals surface area (Å²) in [7, 11) is 1.95. The summed E-state index contributed by atoms with van der Waals surface area (Å²) in [4.78, 5) is 18.5. The van der Waals surface area contributed by atoms with E-state index in [9.17, 15) is 4.79 Å². The first-order valence-electron chi connectivity index (χ1n) is 7.17. The molecule has 0 bridgehead atoms. The number of nitrogens with zero attached hydrogens (tertiary/aromatic N) is 2. The number of carbonyl (C=O) groups is 1. The highest BCUT2D eigenvalue weighted by Crippen LogP contribution is 2.14. The molecule has 118 valence electrons. The van der Waals surface area contributed by atoms with E-state index in [4.69, 9.17) is 5.11 Å². The Labute approximate surface area is 134 Å². The van der Waals surface area contributed by atoms with Gasteiger partial charge in [-0.25, -0.2) is 4.98 Å². The number of anilines is 1. The summed E-state index contributed by atoms with van der Waals surface area (Å²) < 4.78 is 0. The molecule has 1 amide bonds. The monoisotopic (exact) mass is 319 g/mol. The zero-order valence-electron chi connectivity index (χ0n) is 12.8. The standard InChI is InChI=1S/C16H21N3O2S/c1-12(10-20)19(2)9-14-11-22-16(18-14)8-15(21)17-13-6-4-3-5-7-13/h3-7,11-12,20H,8-10H2,1-2H3,(H,17,21). The van der Waals surface area contributed by atoms with E-state index in [0.717, 1.165) is 16.4 Å². The van der Waals surface area contributed by atoms with Gasteiger partial charge in [-0.2, -0.15) is 0 Å². The summed E-state index contributed by atoms with van der Waals surface area (Å²) in [6.07, 6.45) is 0.277. The number of thiazole rings is 1. The first-order valence-corrected chi connectivity index (χ1v) is 8.05. The van der Waals surface area contributed by atoms with Crippen LogP contribution in [0.15, 0.2) is 35.7 Å². The van der Waals surface area contributed by atoms with Crippen molar-refractivity contribution >= 4 is 22.9 Å². The molecule has 1 aromatic heterocycles. The van der Waals surface area contributed by atoms with Crippen LogP contribution in [0.1, 0.15) is 17.6 Å². The van der Waals surface area contributed by atoms with E-state index in [2.05, 4.69) is 10.3 Å². The summed E-state index contributed by atoms with van der Waals surface area (Å²) in [5.41, 5.74) is 1.72. The van der Waals surface area contributed by atoms with Crippen LogP contribution >= 0.6 is 11.3 Å². The van der Waals surface area contributed by atoms with Crippen LogP contribution in [0.2, 0.25) is 0 Å². The van der Waals surface area contributed by atoms with Gasteiger partial charge in [0.25, 0.3) is 0 Å². The van der Waals surface area contributed by atoms with Crippen molar-refractivity contribution in [1.29, 1.82) is 0 Å². The predicted octanol–water partition coefficient (Wildman–Crippen LogP) is 2.14. The van der Waals surface area contributed by atoms with Gasteiger partial charge in [0.1, 0.15) is 5.01 Å². The molecule has 0 aliphatic carbocycles. The number of aliphatic hydroxyl groups excluding tert-OH is 1. The largest absolute Gasteiger partial charge is 0.395 e. The molecule has 0 saturated carbocycles. The molecule has 2 aromatic rings. The zero-order chi connectivity index (χ0) is 15.9. The lowest BCUT2D eigenvalue weighted by Crippen LogP contribution is -2.31. The minimum atomic E-state index is -0.0656. The molecule has 0 radical (unpaired) electrons. The van der Waals surface area contributed by atoms with Crippen molar-refractivity contribution in [1.82, 2.24) is 9.88 Å². The SMILES string of the molecule is CC(CO)N(C)Cc1csc(CC(=O)Nc2ccccc2)n1. The molecule has 0 fully saturated rings. The van der Waals surface area contributed by atoms with Crippen LogP contribution in [-0.2, 0) is 17.8 Å². The van der Waals surface area contributed by atoms with Crippen molar-refractivity contribution < 1.29 is 9.90 Å². The summed E-state index contributed by atoms with van der Waals surface area (Å²) in [5, 5.41) is 14.8. The average Bonchev–Trinajstić information content (AvgIpc) is 2.94. The van der Waals surface area contributed by atoms with Gasteiger partial charge in [-0.15, -0.1) is 11.3 Å². The van der Waals surface area contributed by atoms with Gasteiger partial charge in [0.05, 0.1) is 18.7 Å². The number of aromatic nitrogens is 1. The number of hydrogen-bond acceptors (Lipinski definition) is 5. The summed E-state index contributed by atoms with van der Waals surface area (Å²) in [6, 6.07) is 9.48. The molecule has 0 aliphatic heterocycles. The number of hydrogen-bond donors (Lipinski definition) is 2. The molecule has 2 rings (SSSR count). The third kappa shape index (κ3) is 4.91. The Bertz CT molecular complexity index is 600. The fourth-order valence-corrected chi connectivity index (χ4v) is 2.70. The first-order chi connectivity index (χ1) is 10.6. The van der Waals surface area contributed by atoms with E-state index in [0.29, 0.717) is 6.54 Å². The Morgan fingerprint density at radius 3 is 2.82 bits per heavy atom. The van der Waals surface area contributed by atoms with E-state index < -0.39 is 0 Å². The van der Waals surface area contributed by atoms with Gasteiger partial charge >= 0.3 is 0 Å². The number of amides is 1. The fraction of sp³-hybridized carbons (Fsp3) is 0.375. The molecule has 5 nitrogen and oxygen atoms in total. The number of rotatable bonds is 7. The van der Waals surface area contributed by atoms with Crippen LogP contribution in [0, 0.1) is 0 Å². The molecule has 1 atom stereocenters. The lowest BCUT2D eigenvalue weighted by Gasteiger charge is -2.21. The minimum absolute atomic E-state index is 0.0656. The van der Waals surface area contributed by atoms with E-state index in [1.54, 1.807) is 0 Å². The van der Waals surface area contributed by atoms with Crippen LogP contribution in [0.25, 0.3) is 0 Å². The maximum absolute atomic E-state index is 12.0. The van der Waals surface area contributed by atoms with E-state index >= 15 is 0 Å². The predicted molar refractivity (Wildman–Crippen MR) is 88.9 cm³/mol. The van der Waals surface area contributed by atoms with Gasteiger partial charge in [-0.3, -0.25) is 9.69 Å². The molecule has 22 heavy (non-hydrogen) atoms. The van der Waals surface area contributed by atoms with Crippen LogP contribution in [0.4, 0.5) is 5.69 Å². The molecule has 0 aliphatic rings. The van der Waals surface area contributed by atoms with Crippen molar-refractivity contribution in [3.63, 3.8) is 0 Å². The van der Waals surface area contributed by atoms with Crippen molar-refractivity contribution in [2.45, 2.75) is 25.9 Å². The topological polar surface area (TPSA) is 65.5 Å². The second kappa shape index (κ2) is 8.03. The fourth-order valence-electron chi connectivity index (χ4n) is 1.92. The quantitative estimate of drug-likeness (QED) is 0.820. The van der Waals surface area contributed by atoms with Crippen molar-refractivity contribution in [2.24, 2.45) is 0 Å². The summed E-state index contributed by atoms with van der Waals surface area (Å²) >= 11 is 1.49. The maximum Gasteiger partial charge on any atom is 0.231 e. The van der Waals surface area contributed by atoms with Crippen LogP contribution in [-0.4, -0.2) is 40.6 Å². The Kier molecular flexibility index (Phi) is 6.06. The van der Waals surface area contributed by atoms with Gasteiger partial charge in [0.2, 0.25) is 5.91 Å². The molecule has 1 unspecified atom stereocenters. The molecule has 1 heterocycles. The van der Waals surface area contributed by atoms with Crippen molar-refractivity contribution in [3.8, 4) is 0 Å². The number of para-hydroxylation sites is 1. The van der Waals surface area contributed by atoms with Gasteiger partial charge in [0, 0.05) is 23.7 Å². The Morgan fingerprint density at radius 1 is 1.41 bits per heavy atom. The number of carbonyl (C=O) groups excluding carboxylic acids is 1. The first kappa shape index (κ1) is 16.6. The van der Waals surface area contributed by atoms with Gasteiger partial charge in [-0.1, -0.05) is 18.2 Å². The van der Waals surface area contributed by atoms with Crippen LogP contribution in [0.5, 0.6) is 0 Å². The molecular formula is C16H21N3O2S. The number of nitrogens with one attached hydrogen (secondary N) is 1. The Morgan fingerprint density at radius 2 is 2.14 bits per heavy atom. The number of aliphatic hydroxyl groups is 1. The Balaban J connectivity index is 1.87. The summed E-state index contributed by atoms with van der Waals surface area (Å²) in [5.74, 6) is -0.0656. The molecule has 6 heteroatoms. The van der Waals surface area contributed by atoms with Crippen molar-refractivity contribution in [2.75, 3.05) is 19.0 Å². The van der Waals surface area contributed by atoms with E-state index in [1.807, 2.05) is 54.6 Å². The minimum Gasteiger partial charge on any atom is -0.395 e. The molecule has 0 saturated heterocycles. The van der Waals surface area contributed by atoms with Gasteiger partial charge < -0.3 is 10.4 Å². The lowest BCUT2D eigenvalue weighted by atomic mass is 10.3. The second-order valence-electron chi connectivity index (χ2n) is 5.27. The number of benzene rings is 1. The van der Waals surface area contributed by atoms with Crippen molar-refractivity contribution in [3.05, 3.63) is 46.4 Å². The second-order valence-corrected chi connectivity index (χ2v) is 6.21. The summed E-state index contributed by atoms with van der Waals surface area (Å²) in [6.45, 7) is 2.74. The van der Waals surface area contributed by atoms with Gasteiger partial charge in [0.15, 0.2) is 0 Å². The Hall–Kier alpha value is -1.76. The van der Waals surface area contributed by atoms with E-state index in [-0.39, 0.29) is 25.0 Å². The van der Waals surface area contributed by atoms with Crippen LogP contribution < -0.4 is 5.32 Å². The molecule has 0 spiro atoms. The van der Waals surface area contributed by atoms with Crippen LogP contribution in [0.3, 0.4) is 0 Å². The molecule has 1 aromatic carbocycles. The third-order valence-electron chi connectivity index (χ3n) is 3.40. The highest BCUT2D eigenvalue weighted by atomic mass is 32.1. The average molecular weight is 319 g/mol. The smallest absolute Gasteiger partial charge is 0.231 e. The zero-order valence-corrected chi connectivity index (χ0v) is 13.6.